The van der Waals surface area contributed by atoms with Crippen LogP contribution in [-0.4, -0.2) is 14.5 Å². The molecule has 4 heterocycles. The fraction of sp³-hybridized carbons (Fsp3) is 0. The van der Waals surface area contributed by atoms with E-state index in [0.717, 1.165) is 61.1 Å². The molecule has 274 valence electrons. The van der Waals surface area contributed by atoms with Gasteiger partial charge in [0.1, 0.15) is 16.8 Å². The van der Waals surface area contributed by atoms with Gasteiger partial charge in [-0.25, -0.2) is 9.97 Å². The fourth-order valence-corrected chi connectivity index (χ4v) is 9.48. The number of hydrogen-bond donors (Lipinski definition) is 0. The second-order valence-electron chi connectivity index (χ2n) is 15.3. The Labute approximate surface area is 338 Å². The van der Waals surface area contributed by atoms with Crippen molar-refractivity contribution in [1.29, 1.82) is 0 Å². The van der Waals surface area contributed by atoms with E-state index < -0.39 is 0 Å². The Morgan fingerprint density at radius 1 is 0.441 bits per heavy atom. The van der Waals surface area contributed by atoms with E-state index >= 15 is 0 Å². The zero-order valence-electron chi connectivity index (χ0n) is 31.7. The lowest BCUT2D eigenvalue weighted by Crippen LogP contribution is -2.15. The zero-order chi connectivity index (χ0) is 38.6. The molecule has 0 fully saturated rings. The molecule has 12 aromatic rings. The predicted octanol–water partition coefficient (Wildman–Crippen LogP) is 14.6. The minimum Gasteiger partial charge on any atom is -0.452 e. The van der Waals surface area contributed by atoms with Gasteiger partial charge in [-0.1, -0.05) is 121 Å². The molecule has 1 aliphatic rings. The summed E-state index contributed by atoms with van der Waals surface area (Å²) < 4.78 is 8.92. The van der Waals surface area contributed by atoms with Gasteiger partial charge in [-0.2, -0.15) is 0 Å². The summed E-state index contributed by atoms with van der Waals surface area (Å²) in [5.41, 5.74) is 14.3. The highest BCUT2D eigenvalue weighted by molar-refractivity contribution is 6.19. The van der Waals surface area contributed by atoms with Gasteiger partial charge in [0.2, 0.25) is 0 Å². The van der Waals surface area contributed by atoms with Crippen LogP contribution in [0.25, 0.3) is 105 Å². The summed E-state index contributed by atoms with van der Waals surface area (Å²) in [5.74, 6) is 0.648. The molecule has 13 rings (SSSR count). The van der Waals surface area contributed by atoms with Crippen LogP contribution in [0.1, 0.15) is 0 Å². The van der Waals surface area contributed by atoms with Crippen molar-refractivity contribution in [3.63, 3.8) is 0 Å². The summed E-state index contributed by atoms with van der Waals surface area (Å²) in [4.78, 5) is 13.0. The number of hydrogen-bond acceptors (Lipinski definition) is 4. The molecular weight excluding hydrogens is 721 g/mol. The first-order valence-electron chi connectivity index (χ1n) is 20.0. The average molecular weight is 753 g/mol. The SMILES string of the molecule is c1ccc(-n2c3ccccc3c3cc(-c4nc(-c5ccc(N6c7c(ccc8ccccc78)-c7cccc8cccc6c78)cc5)nc5c4oc4ccccc45)ccc32)cc1. The molecule has 5 heteroatoms. The van der Waals surface area contributed by atoms with Crippen LogP contribution < -0.4 is 4.90 Å². The maximum atomic E-state index is 6.59. The van der Waals surface area contributed by atoms with Crippen LogP contribution in [0.4, 0.5) is 17.1 Å². The van der Waals surface area contributed by atoms with Gasteiger partial charge in [0.25, 0.3) is 0 Å². The highest BCUT2D eigenvalue weighted by atomic mass is 16.3. The summed E-state index contributed by atoms with van der Waals surface area (Å²) in [6.07, 6.45) is 0. The van der Waals surface area contributed by atoms with Crippen molar-refractivity contribution in [2.45, 2.75) is 0 Å². The Morgan fingerprint density at radius 3 is 2.03 bits per heavy atom. The van der Waals surface area contributed by atoms with Crippen LogP contribution in [0.5, 0.6) is 0 Å². The minimum atomic E-state index is 0.648. The van der Waals surface area contributed by atoms with Gasteiger partial charge >= 0.3 is 0 Å². The molecule has 0 radical (unpaired) electrons. The Balaban J connectivity index is 0.998. The highest BCUT2D eigenvalue weighted by Gasteiger charge is 2.28. The van der Waals surface area contributed by atoms with E-state index in [1.807, 2.05) is 18.2 Å². The van der Waals surface area contributed by atoms with Gasteiger partial charge in [-0.3, -0.25) is 0 Å². The van der Waals surface area contributed by atoms with Gasteiger partial charge in [0.05, 0.1) is 22.4 Å². The second-order valence-corrected chi connectivity index (χ2v) is 15.3. The van der Waals surface area contributed by atoms with E-state index in [1.165, 1.54) is 49.4 Å². The van der Waals surface area contributed by atoms with Gasteiger partial charge in [-0.05, 0) is 89.1 Å². The molecule has 9 aromatic carbocycles. The molecule has 0 atom stereocenters. The van der Waals surface area contributed by atoms with Crippen molar-refractivity contribution >= 4 is 82.5 Å². The van der Waals surface area contributed by atoms with E-state index in [-0.39, 0.29) is 0 Å². The molecule has 0 aliphatic carbocycles. The lowest BCUT2D eigenvalue weighted by molar-refractivity contribution is 0.667. The van der Waals surface area contributed by atoms with E-state index in [2.05, 4.69) is 185 Å². The van der Waals surface area contributed by atoms with Crippen LogP contribution in [0.2, 0.25) is 0 Å². The zero-order valence-corrected chi connectivity index (χ0v) is 31.7. The third kappa shape index (κ3) is 4.67. The first kappa shape index (κ1) is 32.1. The average Bonchev–Trinajstić information content (AvgIpc) is 3.85. The lowest BCUT2D eigenvalue weighted by atomic mass is 9.88. The maximum Gasteiger partial charge on any atom is 0.180 e. The smallest absolute Gasteiger partial charge is 0.180 e. The Bertz CT molecular complexity index is 3670. The van der Waals surface area contributed by atoms with Gasteiger partial charge in [-0.15, -0.1) is 0 Å². The molecular formula is C54H32N4O. The molecule has 0 bridgehead atoms. The Kier molecular flexibility index (Phi) is 6.66. The number of anilines is 3. The standard InChI is InChI=1S/C54H32N4O/c1-2-15-37(16-3-1)57-45-21-8-6-18-40(45)44-32-36(27-31-46(44)57)50-53-51(43-19-7-9-23-48(43)59-53)56-54(55-50)35-24-28-38(29-25-35)58-47-22-11-14-34-13-10-20-41(49(34)47)42-30-26-33-12-4-5-17-39(33)52(42)58/h1-32H. The van der Waals surface area contributed by atoms with Crippen LogP contribution in [-0.2, 0) is 0 Å². The minimum absolute atomic E-state index is 0.648. The molecule has 0 N–H and O–H groups in total. The van der Waals surface area contributed by atoms with Crippen molar-refractivity contribution in [2.75, 3.05) is 4.90 Å². The lowest BCUT2D eigenvalue weighted by Gasteiger charge is -2.34. The van der Waals surface area contributed by atoms with Gasteiger partial charge < -0.3 is 13.9 Å². The largest absolute Gasteiger partial charge is 0.452 e. The molecule has 0 saturated carbocycles. The van der Waals surface area contributed by atoms with E-state index in [1.54, 1.807) is 0 Å². The molecule has 59 heavy (non-hydrogen) atoms. The molecule has 0 saturated heterocycles. The van der Waals surface area contributed by atoms with Gasteiger partial charge in [0.15, 0.2) is 11.4 Å². The number of rotatable bonds is 4. The quantitative estimate of drug-likeness (QED) is 0.180. The van der Waals surface area contributed by atoms with Crippen molar-refractivity contribution in [3.05, 3.63) is 194 Å². The molecule has 3 aromatic heterocycles. The summed E-state index contributed by atoms with van der Waals surface area (Å²) in [7, 11) is 0. The third-order valence-corrected chi connectivity index (χ3v) is 12.1. The van der Waals surface area contributed by atoms with Crippen LogP contribution in [0.3, 0.4) is 0 Å². The summed E-state index contributed by atoms with van der Waals surface area (Å²) >= 11 is 0. The number of fused-ring (bicyclic) bond motifs is 10. The molecule has 1 aliphatic heterocycles. The topological polar surface area (TPSA) is 47.1 Å². The van der Waals surface area contributed by atoms with Crippen LogP contribution >= 0.6 is 0 Å². The molecule has 5 nitrogen and oxygen atoms in total. The molecule has 0 amide bonds. The number of furan rings is 1. The number of nitrogens with zero attached hydrogens (tertiary/aromatic N) is 4. The van der Waals surface area contributed by atoms with Crippen molar-refractivity contribution in [1.82, 2.24) is 14.5 Å². The van der Waals surface area contributed by atoms with Crippen molar-refractivity contribution in [2.24, 2.45) is 0 Å². The third-order valence-electron chi connectivity index (χ3n) is 12.1. The summed E-state index contributed by atoms with van der Waals surface area (Å²) in [5, 5.41) is 8.22. The second kappa shape index (κ2) is 12.2. The monoisotopic (exact) mass is 752 g/mol. The molecule has 0 spiro atoms. The summed E-state index contributed by atoms with van der Waals surface area (Å²) in [6.45, 7) is 0. The normalized spacial score (nSPS) is 12.4. The van der Waals surface area contributed by atoms with Crippen molar-refractivity contribution < 1.29 is 4.42 Å². The Morgan fingerprint density at radius 2 is 1.15 bits per heavy atom. The Hall–Kier alpha value is -8.02. The van der Waals surface area contributed by atoms with Crippen molar-refractivity contribution in [3.8, 4) is 39.5 Å². The maximum absolute atomic E-state index is 6.59. The first-order valence-corrected chi connectivity index (χ1v) is 20.0. The van der Waals surface area contributed by atoms with E-state index in [9.17, 15) is 0 Å². The van der Waals surface area contributed by atoms with E-state index in [4.69, 9.17) is 14.4 Å². The predicted molar refractivity (Wildman–Crippen MR) is 243 cm³/mol. The van der Waals surface area contributed by atoms with Crippen LogP contribution in [0, 0.1) is 0 Å². The van der Waals surface area contributed by atoms with Crippen LogP contribution in [0.15, 0.2) is 199 Å². The summed E-state index contributed by atoms with van der Waals surface area (Å²) in [6, 6.07) is 69.1. The van der Waals surface area contributed by atoms with E-state index in [0.29, 0.717) is 11.4 Å². The number of aromatic nitrogens is 3. The first-order chi connectivity index (χ1) is 29.3. The van der Waals surface area contributed by atoms with Gasteiger partial charge in [0, 0.05) is 55.0 Å². The fourth-order valence-electron chi connectivity index (χ4n) is 9.48. The number of benzene rings is 9. The molecule has 0 unspecified atom stereocenters. The highest BCUT2D eigenvalue weighted by Crippen LogP contribution is 2.53. The number of para-hydroxylation sites is 3.